The lowest BCUT2D eigenvalue weighted by Gasteiger charge is -2.16. The molecule has 0 aliphatic heterocycles. The molecule has 0 saturated carbocycles. The molecule has 0 heterocycles. The Balaban J connectivity index is 2.33. The van der Waals surface area contributed by atoms with E-state index in [9.17, 15) is 15.0 Å². The number of phenols is 1. The van der Waals surface area contributed by atoms with E-state index >= 15 is 0 Å². The van der Waals surface area contributed by atoms with Crippen molar-refractivity contribution in [1.82, 2.24) is 0 Å². The van der Waals surface area contributed by atoms with Crippen LogP contribution in [0, 0.1) is 0 Å². The Labute approximate surface area is 140 Å². The number of ether oxygens (including phenoxy) is 1. The lowest BCUT2D eigenvalue weighted by Crippen LogP contribution is -2.14. The Morgan fingerprint density at radius 3 is 2.39 bits per heavy atom. The van der Waals surface area contributed by atoms with Gasteiger partial charge in [-0.3, -0.25) is 4.79 Å². The first-order valence-corrected chi connectivity index (χ1v) is 7.71. The van der Waals surface area contributed by atoms with Gasteiger partial charge in [0.2, 0.25) is 0 Å². The average molecular weight is 335 g/mol. The summed E-state index contributed by atoms with van der Waals surface area (Å²) in [4.78, 5) is 11.6. The molecule has 2 N–H and O–H groups in total. The molecule has 5 heteroatoms. The number of halogens is 1. The first kappa shape index (κ1) is 17.2. The van der Waals surface area contributed by atoms with Gasteiger partial charge in [-0.15, -0.1) is 0 Å². The quantitative estimate of drug-likeness (QED) is 0.837. The molecule has 2 aromatic carbocycles. The van der Waals surface area contributed by atoms with E-state index in [4.69, 9.17) is 16.3 Å². The molecule has 2 aromatic rings. The van der Waals surface area contributed by atoms with Crippen molar-refractivity contribution in [3.8, 4) is 11.5 Å². The molecule has 0 saturated heterocycles. The van der Waals surface area contributed by atoms with Crippen LogP contribution in [0.5, 0.6) is 11.5 Å². The number of rotatable bonds is 6. The first-order valence-electron chi connectivity index (χ1n) is 7.33. The highest BCUT2D eigenvalue weighted by atomic mass is 35.5. The van der Waals surface area contributed by atoms with Gasteiger partial charge in [-0.2, -0.15) is 0 Å². The van der Waals surface area contributed by atoms with Crippen molar-refractivity contribution in [2.24, 2.45) is 0 Å². The molecule has 0 aliphatic rings. The fourth-order valence-electron chi connectivity index (χ4n) is 2.46. The number of carboxylic acid groups (broad SMARTS) is 1. The maximum Gasteiger partial charge on any atom is 0.311 e. The zero-order valence-electron chi connectivity index (χ0n) is 13.0. The van der Waals surface area contributed by atoms with E-state index in [2.05, 4.69) is 0 Å². The van der Waals surface area contributed by atoms with Crippen molar-refractivity contribution in [2.45, 2.75) is 25.7 Å². The maximum absolute atomic E-state index is 11.6. The minimum absolute atomic E-state index is 0.126. The van der Waals surface area contributed by atoms with Crippen molar-refractivity contribution in [1.29, 1.82) is 0 Å². The molecule has 0 radical (unpaired) electrons. The number of methoxy groups -OCH3 is 1. The van der Waals surface area contributed by atoms with Crippen LogP contribution in [0.2, 0.25) is 5.02 Å². The van der Waals surface area contributed by atoms with Crippen LogP contribution >= 0.6 is 11.6 Å². The van der Waals surface area contributed by atoms with Gasteiger partial charge in [-0.05, 0) is 35.6 Å². The molecule has 2 rings (SSSR count). The summed E-state index contributed by atoms with van der Waals surface area (Å²) in [6.45, 7) is 2.05. The summed E-state index contributed by atoms with van der Waals surface area (Å²) in [6.07, 6.45) is 1.09. The molecule has 23 heavy (non-hydrogen) atoms. The number of aliphatic carboxylic acids is 1. The number of carbonyl (C=O) groups is 1. The first-order chi connectivity index (χ1) is 11.0. The summed E-state index contributed by atoms with van der Waals surface area (Å²) >= 11 is 6.14. The topological polar surface area (TPSA) is 66.8 Å². The fourth-order valence-corrected chi connectivity index (χ4v) is 2.70. The van der Waals surface area contributed by atoms with Crippen LogP contribution in [0.25, 0.3) is 0 Å². The second-order valence-electron chi connectivity index (χ2n) is 5.28. The molecule has 0 aliphatic carbocycles. The van der Waals surface area contributed by atoms with E-state index in [0.717, 1.165) is 12.0 Å². The molecular formula is C18H19ClO4. The lowest BCUT2D eigenvalue weighted by molar-refractivity contribution is -0.138. The monoisotopic (exact) mass is 334 g/mol. The highest BCUT2D eigenvalue weighted by molar-refractivity contribution is 6.33. The highest BCUT2D eigenvalue weighted by Crippen LogP contribution is 2.38. The van der Waals surface area contributed by atoms with Crippen LogP contribution in [0.15, 0.2) is 36.4 Å². The number of phenolic OH excluding ortho intramolecular Hbond substituents is 1. The molecule has 0 spiro atoms. The molecule has 122 valence electrons. The molecule has 1 atom stereocenters. The second-order valence-corrected chi connectivity index (χ2v) is 5.66. The Bertz CT molecular complexity index is 695. The lowest BCUT2D eigenvalue weighted by atomic mass is 9.91. The number of hydrogen-bond acceptors (Lipinski definition) is 3. The van der Waals surface area contributed by atoms with Gasteiger partial charge >= 0.3 is 5.97 Å². The van der Waals surface area contributed by atoms with Gasteiger partial charge in [-0.25, -0.2) is 0 Å². The smallest absolute Gasteiger partial charge is 0.311 e. The number of aromatic hydroxyl groups is 1. The average Bonchev–Trinajstić information content (AvgIpc) is 2.56. The third-order valence-electron chi connectivity index (χ3n) is 3.89. The Morgan fingerprint density at radius 1 is 1.22 bits per heavy atom. The molecular weight excluding hydrogens is 316 g/mol. The van der Waals surface area contributed by atoms with Crippen molar-refractivity contribution in [3.63, 3.8) is 0 Å². The molecule has 0 fully saturated rings. The number of carboxylic acids is 1. The third-order valence-corrected chi connectivity index (χ3v) is 4.31. The number of hydrogen-bond donors (Lipinski definition) is 2. The number of benzene rings is 2. The summed E-state index contributed by atoms with van der Waals surface area (Å²) in [6, 6.07) is 10.8. The zero-order chi connectivity index (χ0) is 17.0. The third kappa shape index (κ3) is 3.77. The van der Waals surface area contributed by atoms with Crippen molar-refractivity contribution < 1.29 is 19.7 Å². The fraction of sp³-hybridized carbons (Fsp3) is 0.278. The van der Waals surface area contributed by atoms with Crippen LogP contribution in [-0.4, -0.2) is 23.3 Å². The van der Waals surface area contributed by atoms with Gasteiger partial charge in [0, 0.05) is 0 Å². The summed E-state index contributed by atoms with van der Waals surface area (Å²) in [5, 5.41) is 19.6. The van der Waals surface area contributed by atoms with E-state index < -0.39 is 11.9 Å². The Morgan fingerprint density at radius 2 is 1.87 bits per heavy atom. The molecule has 0 amide bonds. The second kappa shape index (κ2) is 7.38. The maximum atomic E-state index is 11.6. The molecule has 1 unspecified atom stereocenters. The number of aryl methyl sites for hydroxylation is 1. The van der Waals surface area contributed by atoms with Crippen LogP contribution in [0.3, 0.4) is 0 Å². The van der Waals surface area contributed by atoms with Gasteiger partial charge in [0.15, 0.2) is 11.5 Å². The summed E-state index contributed by atoms with van der Waals surface area (Å²) in [7, 11) is 1.43. The normalized spacial score (nSPS) is 12.0. The summed E-state index contributed by atoms with van der Waals surface area (Å²) < 4.78 is 4.99. The SMILES string of the molecule is CCc1ccc(C(Cc2ccc(OC)c(O)c2Cl)C(=O)O)cc1. The van der Waals surface area contributed by atoms with E-state index in [1.54, 1.807) is 12.1 Å². The Hall–Kier alpha value is -2.20. The highest BCUT2D eigenvalue weighted by Gasteiger charge is 2.23. The minimum Gasteiger partial charge on any atom is -0.503 e. The van der Waals surface area contributed by atoms with Crippen LogP contribution in [0.1, 0.15) is 29.5 Å². The molecule has 0 bridgehead atoms. The Kier molecular flexibility index (Phi) is 5.50. The van der Waals surface area contributed by atoms with Crippen molar-refractivity contribution in [3.05, 3.63) is 58.1 Å². The van der Waals surface area contributed by atoms with E-state index in [0.29, 0.717) is 11.1 Å². The van der Waals surface area contributed by atoms with Gasteiger partial charge in [0.1, 0.15) is 0 Å². The van der Waals surface area contributed by atoms with Gasteiger partial charge in [0.25, 0.3) is 0 Å². The molecule has 0 aromatic heterocycles. The summed E-state index contributed by atoms with van der Waals surface area (Å²) in [5.74, 6) is -1.57. The van der Waals surface area contributed by atoms with Crippen LogP contribution in [0.4, 0.5) is 0 Å². The van der Waals surface area contributed by atoms with E-state index in [1.165, 1.54) is 7.11 Å². The van der Waals surface area contributed by atoms with Crippen molar-refractivity contribution >= 4 is 17.6 Å². The zero-order valence-corrected chi connectivity index (χ0v) is 13.8. The van der Waals surface area contributed by atoms with Crippen LogP contribution in [-0.2, 0) is 17.6 Å². The van der Waals surface area contributed by atoms with Gasteiger partial charge < -0.3 is 14.9 Å². The summed E-state index contributed by atoms with van der Waals surface area (Å²) in [5.41, 5.74) is 2.43. The van der Waals surface area contributed by atoms with E-state index in [1.807, 2.05) is 31.2 Å². The van der Waals surface area contributed by atoms with Gasteiger partial charge in [-0.1, -0.05) is 48.9 Å². The van der Waals surface area contributed by atoms with Crippen LogP contribution < -0.4 is 4.74 Å². The standard InChI is InChI=1S/C18H19ClO4/c1-3-11-4-6-12(7-5-11)14(18(21)22)10-13-8-9-15(23-2)17(20)16(13)19/h4-9,14,20H,3,10H2,1-2H3,(H,21,22). The largest absolute Gasteiger partial charge is 0.503 e. The minimum atomic E-state index is -0.930. The van der Waals surface area contributed by atoms with E-state index in [-0.39, 0.29) is 22.9 Å². The predicted molar refractivity (Wildman–Crippen MR) is 89.6 cm³/mol. The predicted octanol–water partition coefficient (Wildman–Crippen LogP) is 4.03. The van der Waals surface area contributed by atoms with Gasteiger partial charge in [0.05, 0.1) is 18.1 Å². The molecule has 4 nitrogen and oxygen atoms in total. The van der Waals surface area contributed by atoms with Crippen molar-refractivity contribution in [2.75, 3.05) is 7.11 Å².